The maximum Gasteiger partial charge on any atom is 0.358 e. The fraction of sp³-hybridized carbons (Fsp3) is 0.667. The molecule has 8 nitrogen and oxygen atoms in total. The lowest BCUT2D eigenvalue weighted by Gasteiger charge is -2.39. The summed E-state index contributed by atoms with van der Waals surface area (Å²) in [4.78, 5) is 24.4. The number of aromatic carboxylic acids is 1. The summed E-state index contributed by atoms with van der Waals surface area (Å²) >= 11 is 0. The van der Waals surface area contributed by atoms with E-state index in [1.165, 1.54) is 10.9 Å². The summed E-state index contributed by atoms with van der Waals surface area (Å²) in [6, 6.07) is -0.0109. The van der Waals surface area contributed by atoms with Gasteiger partial charge in [-0.25, -0.2) is 9.48 Å². The van der Waals surface area contributed by atoms with E-state index in [-0.39, 0.29) is 23.7 Å². The zero-order chi connectivity index (χ0) is 14.3. The highest BCUT2D eigenvalue weighted by atomic mass is 16.4. The van der Waals surface area contributed by atoms with Gasteiger partial charge in [0.1, 0.15) is 0 Å². The molecule has 1 aliphatic carbocycles. The second-order valence-electron chi connectivity index (χ2n) is 5.55. The largest absolute Gasteiger partial charge is 0.476 e. The summed E-state index contributed by atoms with van der Waals surface area (Å²) in [5, 5.41) is 16.1. The lowest BCUT2D eigenvalue weighted by Crippen LogP contribution is -2.52. The maximum atomic E-state index is 12.0. The molecule has 2 fully saturated rings. The van der Waals surface area contributed by atoms with Crippen LogP contribution in [0.3, 0.4) is 0 Å². The Morgan fingerprint density at radius 2 is 2.15 bits per heavy atom. The lowest BCUT2D eigenvalue weighted by molar-refractivity contribution is -0.137. The van der Waals surface area contributed by atoms with Crippen LogP contribution in [0, 0.1) is 5.92 Å². The Bertz CT molecular complexity index is 533. The van der Waals surface area contributed by atoms with Crippen molar-refractivity contribution < 1.29 is 14.7 Å². The molecule has 1 amide bonds. The van der Waals surface area contributed by atoms with Crippen LogP contribution in [0.2, 0.25) is 0 Å². The van der Waals surface area contributed by atoms with Gasteiger partial charge < -0.3 is 15.7 Å². The Kier molecular flexibility index (Phi) is 3.17. The third-order valence-corrected chi connectivity index (χ3v) is 3.96. The van der Waals surface area contributed by atoms with Gasteiger partial charge in [0.15, 0.2) is 5.69 Å². The summed E-state index contributed by atoms with van der Waals surface area (Å²) in [5.41, 5.74) is 5.86. The van der Waals surface area contributed by atoms with Crippen molar-refractivity contribution in [2.75, 3.05) is 13.1 Å². The van der Waals surface area contributed by atoms with Gasteiger partial charge in [-0.2, -0.15) is 0 Å². The number of nitrogens with two attached hydrogens (primary N) is 1. The van der Waals surface area contributed by atoms with Crippen molar-refractivity contribution in [2.45, 2.75) is 31.3 Å². The number of nitrogens with zero attached hydrogens (tertiary/aromatic N) is 4. The predicted molar refractivity (Wildman–Crippen MR) is 67.9 cm³/mol. The van der Waals surface area contributed by atoms with Crippen molar-refractivity contribution in [3.05, 3.63) is 11.9 Å². The Morgan fingerprint density at radius 1 is 1.45 bits per heavy atom. The van der Waals surface area contributed by atoms with Gasteiger partial charge in [-0.05, 0) is 18.8 Å². The molecule has 0 bridgehead atoms. The molecule has 3 N–H and O–H groups in total. The van der Waals surface area contributed by atoms with Crippen molar-refractivity contribution in [1.82, 2.24) is 19.9 Å². The van der Waals surface area contributed by atoms with E-state index >= 15 is 0 Å². The molecular formula is C12H17N5O3. The van der Waals surface area contributed by atoms with E-state index < -0.39 is 5.97 Å². The monoisotopic (exact) mass is 279 g/mol. The van der Waals surface area contributed by atoms with Crippen LogP contribution in [-0.2, 0) is 4.79 Å². The Morgan fingerprint density at radius 3 is 2.70 bits per heavy atom. The van der Waals surface area contributed by atoms with Gasteiger partial charge in [0.05, 0.1) is 12.2 Å². The van der Waals surface area contributed by atoms with Crippen molar-refractivity contribution in [3.8, 4) is 0 Å². The molecule has 1 unspecified atom stereocenters. The second kappa shape index (κ2) is 4.86. The topological polar surface area (TPSA) is 114 Å². The van der Waals surface area contributed by atoms with E-state index in [0.29, 0.717) is 25.4 Å². The summed E-state index contributed by atoms with van der Waals surface area (Å²) in [5.74, 6) is -0.511. The quantitative estimate of drug-likeness (QED) is 0.750. The standard InChI is InChI=1S/C12H17N5O3/c13-9(7-1-2-7)3-11(18)16-4-8(5-16)17-6-10(12(19)20)14-15-17/h6-9H,1-5,13H2,(H,19,20). The number of hydrogen-bond donors (Lipinski definition) is 2. The molecule has 108 valence electrons. The number of rotatable bonds is 5. The minimum absolute atomic E-state index is 0.0108. The molecule has 1 aliphatic heterocycles. The number of carboxylic acids is 1. The second-order valence-corrected chi connectivity index (χ2v) is 5.55. The number of amides is 1. The summed E-state index contributed by atoms with van der Waals surface area (Å²) < 4.78 is 1.51. The van der Waals surface area contributed by atoms with Gasteiger partial charge in [-0.15, -0.1) is 5.10 Å². The average molecular weight is 279 g/mol. The number of carboxylic acid groups (broad SMARTS) is 1. The molecule has 3 rings (SSSR count). The Balaban J connectivity index is 1.49. The molecule has 1 saturated heterocycles. The zero-order valence-electron chi connectivity index (χ0n) is 11.0. The smallest absolute Gasteiger partial charge is 0.358 e. The van der Waals surface area contributed by atoms with Crippen molar-refractivity contribution in [3.63, 3.8) is 0 Å². The van der Waals surface area contributed by atoms with E-state index in [1.807, 2.05) is 0 Å². The molecule has 2 heterocycles. The molecular weight excluding hydrogens is 262 g/mol. The van der Waals surface area contributed by atoms with Crippen LogP contribution in [0.1, 0.15) is 35.8 Å². The van der Waals surface area contributed by atoms with Gasteiger partial charge in [0.2, 0.25) is 5.91 Å². The van der Waals surface area contributed by atoms with Gasteiger partial charge >= 0.3 is 5.97 Å². The third kappa shape index (κ3) is 2.51. The molecule has 1 atom stereocenters. The average Bonchev–Trinajstić information content (AvgIpc) is 3.07. The number of carbonyl (C=O) groups excluding carboxylic acids is 1. The van der Waals surface area contributed by atoms with Crippen LogP contribution in [0.15, 0.2) is 6.20 Å². The first-order chi connectivity index (χ1) is 9.54. The predicted octanol–water partition coefficient (Wildman–Crippen LogP) is -0.513. The first kappa shape index (κ1) is 13.0. The van der Waals surface area contributed by atoms with E-state index in [9.17, 15) is 9.59 Å². The van der Waals surface area contributed by atoms with Gasteiger partial charge in [0, 0.05) is 25.6 Å². The van der Waals surface area contributed by atoms with E-state index in [4.69, 9.17) is 10.8 Å². The van der Waals surface area contributed by atoms with E-state index in [2.05, 4.69) is 10.3 Å². The van der Waals surface area contributed by atoms with Crippen LogP contribution >= 0.6 is 0 Å². The molecule has 1 aromatic heterocycles. The van der Waals surface area contributed by atoms with Crippen molar-refractivity contribution in [2.24, 2.45) is 11.7 Å². The van der Waals surface area contributed by atoms with Gasteiger partial charge in [-0.3, -0.25) is 4.79 Å². The van der Waals surface area contributed by atoms with Crippen LogP contribution in [0.5, 0.6) is 0 Å². The number of likely N-dealkylation sites (tertiary alicyclic amines) is 1. The number of aromatic nitrogens is 3. The molecule has 0 radical (unpaired) electrons. The zero-order valence-corrected chi connectivity index (χ0v) is 11.0. The minimum Gasteiger partial charge on any atom is -0.476 e. The highest BCUT2D eigenvalue weighted by Crippen LogP contribution is 2.33. The van der Waals surface area contributed by atoms with E-state index in [1.54, 1.807) is 4.90 Å². The molecule has 1 aromatic rings. The highest BCUT2D eigenvalue weighted by molar-refractivity contribution is 5.84. The summed E-state index contributed by atoms with van der Waals surface area (Å²) in [6.07, 6.45) is 4.06. The summed E-state index contributed by atoms with van der Waals surface area (Å²) in [6.45, 7) is 1.08. The van der Waals surface area contributed by atoms with Gasteiger partial charge in [0.25, 0.3) is 0 Å². The number of carbonyl (C=O) groups is 2. The normalized spacial score (nSPS) is 20.6. The molecule has 2 aliphatic rings. The summed E-state index contributed by atoms with van der Waals surface area (Å²) in [7, 11) is 0. The SMILES string of the molecule is NC(CC(=O)N1CC(n2cc(C(=O)O)nn2)C1)C1CC1. The first-order valence-electron chi connectivity index (χ1n) is 6.73. The Hall–Kier alpha value is -1.96. The van der Waals surface area contributed by atoms with Crippen LogP contribution in [0.25, 0.3) is 0 Å². The molecule has 0 aromatic carbocycles. The lowest BCUT2D eigenvalue weighted by atomic mass is 10.0. The minimum atomic E-state index is -1.10. The maximum absolute atomic E-state index is 12.0. The van der Waals surface area contributed by atoms with Crippen LogP contribution in [0.4, 0.5) is 0 Å². The Labute approximate surface area is 115 Å². The molecule has 0 spiro atoms. The van der Waals surface area contributed by atoms with Crippen molar-refractivity contribution in [1.29, 1.82) is 0 Å². The van der Waals surface area contributed by atoms with E-state index in [0.717, 1.165) is 12.8 Å². The molecule has 8 heteroatoms. The van der Waals surface area contributed by atoms with Crippen LogP contribution in [-0.4, -0.2) is 56.0 Å². The fourth-order valence-corrected chi connectivity index (χ4v) is 2.40. The fourth-order valence-electron chi connectivity index (χ4n) is 2.40. The molecule has 1 saturated carbocycles. The number of hydrogen-bond acceptors (Lipinski definition) is 5. The first-order valence-corrected chi connectivity index (χ1v) is 6.73. The van der Waals surface area contributed by atoms with Crippen LogP contribution < -0.4 is 5.73 Å². The third-order valence-electron chi connectivity index (χ3n) is 3.96. The van der Waals surface area contributed by atoms with Gasteiger partial charge in [-0.1, -0.05) is 5.21 Å². The highest BCUT2D eigenvalue weighted by Gasteiger charge is 2.36. The van der Waals surface area contributed by atoms with Crippen molar-refractivity contribution >= 4 is 11.9 Å². The molecule has 20 heavy (non-hydrogen) atoms.